The molecule has 7 heteroatoms. The smallest absolute Gasteiger partial charge is 0.259 e. The van der Waals surface area contributed by atoms with Gasteiger partial charge in [-0.15, -0.1) is 0 Å². The highest BCUT2D eigenvalue weighted by Gasteiger charge is 2.22. The number of imidazole rings is 1. The third-order valence-electron chi connectivity index (χ3n) is 3.09. The molecule has 1 aromatic heterocycles. The molecule has 0 bridgehead atoms. The lowest BCUT2D eigenvalue weighted by atomic mass is 10.4. The van der Waals surface area contributed by atoms with Gasteiger partial charge < -0.3 is 9.88 Å². The highest BCUT2D eigenvalue weighted by molar-refractivity contribution is 7.89. The average Bonchev–Trinajstić information content (AvgIpc) is 2.98. The summed E-state index contributed by atoms with van der Waals surface area (Å²) in [6, 6.07) is 0. The number of H-pyrrole nitrogens is 1. The van der Waals surface area contributed by atoms with Crippen molar-refractivity contribution in [3.8, 4) is 0 Å². The summed E-state index contributed by atoms with van der Waals surface area (Å²) in [7, 11) is -1.80. The summed E-state index contributed by atoms with van der Waals surface area (Å²) < 4.78 is 25.4. The van der Waals surface area contributed by atoms with Gasteiger partial charge in [0.05, 0.1) is 12.5 Å². The quantitative estimate of drug-likeness (QED) is 0.815. The van der Waals surface area contributed by atoms with Crippen LogP contribution in [0.1, 0.15) is 12.8 Å². The number of likely N-dealkylation sites (N-methyl/N-ethyl adjacent to an activating group) is 1. The molecule has 0 aliphatic carbocycles. The fourth-order valence-corrected chi connectivity index (χ4v) is 3.01. The Bertz CT molecular complexity index is 437. The van der Waals surface area contributed by atoms with E-state index in [-0.39, 0.29) is 5.03 Å². The van der Waals surface area contributed by atoms with Gasteiger partial charge in [-0.25, -0.2) is 13.4 Å². The number of rotatable bonds is 5. The predicted molar refractivity (Wildman–Crippen MR) is 64.1 cm³/mol. The first kappa shape index (κ1) is 12.5. The van der Waals surface area contributed by atoms with Crippen LogP contribution in [0.2, 0.25) is 0 Å². The number of sulfonamides is 1. The fourth-order valence-electron chi connectivity index (χ4n) is 1.96. The van der Waals surface area contributed by atoms with E-state index in [0.717, 1.165) is 19.6 Å². The van der Waals surface area contributed by atoms with Crippen molar-refractivity contribution in [3.05, 3.63) is 12.5 Å². The van der Waals surface area contributed by atoms with Crippen LogP contribution in [0.5, 0.6) is 0 Å². The average molecular weight is 258 g/mol. The molecule has 96 valence electrons. The van der Waals surface area contributed by atoms with E-state index in [1.165, 1.54) is 29.7 Å². The first-order chi connectivity index (χ1) is 8.10. The van der Waals surface area contributed by atoms with Gasteiger partial charge in [-0.3, -0.25) is 0 Å². The van der Waals surface area contributed by atoms with Gasteiger partial charge in [-0.1, -0.05) is 0 Å². The maximum Gasteiger partial charge on any atom is 0.259 e. The third-order valence-corrected chi connectivity index (χ3v) is 4.87. The SMILES string of the molecule is CN(CCN1CCCC1)S(=O)(=O)c1cnc[nH]1. The van der Waals surface area contributed by atoms with Gasteiger partial charge in [0.1, 0.15) is 0 Å². The second-order valence-corrected chi connectivity index (χ2v) is 6.30. The van der Waals surface area contributed by atoms with Crippen molar-refractivity contribution in [3.63, 3.8) is 0 Å². The summed E-state index contributed by atoms with van der Waals surface area (Å²) in [6.45, 7) is 3.47. The number of aromatic nitrogens is 2. The van der Waals surface area contributed by atoms with Crippen molar-refractivity contribution in [2.45, 2.75) is 17.9 Å². The highest BCUT2D eigenvalue weighted by atomic mass is 32.2. The minimum Gasteiger partial charge on any atom is -0.335 e. The summed E-state index contributed by atoms with van der Waals surface area (Å²) in [6.07, 6.45) is 5.15. The molecule has 0 unspecified atom stereocenters. The number of hydrogen-bond acceptors (Lipinski definition) is 4. The van der Waals surface area contributed by atoms with E-state index >= 15 is 0 Å². The van der Waals surface area contributed by atoms with Crippen LogP contribution in [-0.2, 0) is 10.0 Å². The van der Waals surface area contributed by atoms with Gasteiger partial charge >= 0.3 is 0 Å². The number of nitrogens with zero attached hydrogens (tertiary/aromatic N) is 3. The Morgan fingerprint density at radius 1 is 1.47 bits per heavy atom. The monoisotopic (exact) mass is 258 g/mol. The van der Waals surface area contributed by atoms with Crippen LogP contribution in [0.15, 0.2) is 17.6 Å². The molecule has 0 amide bonds. The van der Waals surface area contributed by atoms with Gasteiger partial charge in [-0.05, 0) is 25.9 Å². The Hall–Kier alpha value is -0.920. The molecule has 0 spiro atoms. The Balaban J connectivity index is 1.92. The molecule has 6 nitrogen and oxygen atoms in total. The van der Waals surface area contributed by atoms with Crippen molar-refractivity contribution >= 4 is 10.0 Å². The van der Waals surface area contributed by atoms with E-state index in [4.69, 9.17) is 0 Å². The second kappa shape index (κ2) is 5.16. The lowest BCUT2D eigenvalue weighted by Crippen LogP contribution is -2.35. The Kier molecular flexibility index (Phi) is 3.80. The largest absolute Gasteiger partial charge is 0.335 e. The Labute approximate surface area is 102 Å². The van der Waals surface area contributed by atoms with E-state index < -0.39 is 10.0 Å². The van der Waals surface area contributed by atoms with E-state index in [1.807, 2.05) is 0 Å². The number of aromatic amines is 1. The molecule has 2 rings (SSSR count). The molecule has 0 aromatic carbocycles. The van der Waals surface area contributed by atoms with E-state index in [0.29, 0.717) is 6.54 Å². The van der Waals surface area contributed by atoms with Crippen molar-refractivity contribution in [1.82, 2.24) is 19.2 Å². The van der Waals surface area contributed by atoms with Gasteiger partial charge in [0.15, 0.2) is 5.03 Å². The van der Waals surface area contributed by atoms with E-state index in [2.05, 4.69) is 14.9 Å². The summed E-state index contributed by atoms with van der Waals surface area (Å²) in [5.74, 6) is 0. The van der Waals surface area contributed by atoms with Crippen LogP contribution in [0.3, 0.4) is 0 Å². The van der Waals surface area contributed by atoms with Crippen LogP contribution in [0, 0.1) is 0 Å². The summed E-state index contributed by atoms with van der Waals surface area (Å²) in [5.41, 5.74) is 0. The zero-order chi connectivity index (χ0) is 12.3. The van der Waals surface area contributed by atoms with Crippen LogP contribution in [-0.4, -0.2) is 60.8 Å². The van der Waals surface area contributed by atoms with E-state index in [1.54, 1.807) is 7.05 Å². The normalized spacial score (nSPS) is 18.0. The molecule has 1 aromatic rings. The van der Waals surface area contributed by atoms with Crippen molar-refractivity contribution < 1.29 is 8.42 Å². The standard InChI is InChI=1S/C10H18N4O2S/c1-13(6-7-14-4-2-3-5-14)17(15,16)10-8-11-9-12-10/h8-9H,2-7H2,1H3,(H,11,12). The molecular weight excluding hydrogens is 240 g/mol. The van der Waals surface area contributed by atoms with Crippen LogP contribution in [0.25, 0.3) is 0 Å². The molecule has 1 aliphatic rings. The molecule has 1 aliphatic heterocycles. The summed E-state index contributed by atoms with van der Waals surface area (Å²) >= 11 is 0. The van der Waals surface area contributed by atoms with Gasteiger partial charge in [0, 0.05) is 20.1 Å². The van der Waals surface area contributed by atoms with Gasteiger partial charge in [0.2, 0.25) is 0 Å². The third kappa shape index (κ3) is 2.85. The first-order valence-electron chi connectivity index (χ1n) is 5.78. The van der Waals surface area contributed by atoms with Gasteiger partial charge in [-0.2, -0.15) is 4.31 Å². The van der Waals surface area contributed by atoms with Gasteiger partial charge in [0.25, 0.3) is 10.0 Å². The molecule has 0 saturated carbocycles. The molecule has 0 atom stereocenters. The minimum atomic E-state index is -3.40. The highest BCUT2D eigenvalue weighted by Crippen LogP contribution is 2.11. The molecule has 1 saturated heterocycles. The zero-order valence-electron chi connectivity index (χ0n) is 9.96. The molecular formula is C10H18N4O2S. The maximum absolute atomic E-state index is 12.0. The molecule has 1 fully saturated rings. The van der Waals surface area contributed by atoms with E-state index in [9.17, 15) is 8.42 Å². The minimum absolute atomic E-state index is 0.154. The van der Waals surface area contributed by atoms with Crippen LogP contribution in [0.4, 0.5) is 0 Å². The number of nitrogens with one attached hydrogen (secondary N) is 1. The number of likely N-dealkylation sites (tertiary alicyclic amines) is 1. The van der Waals surface area contributed by atoms with Crippen molar-refractivity contribution in [2.24, 2.45) is 0 Å². The number of hydrogen-bond donors (Lipinski definition) is 1. The predicted octanol–water partition coefficient (Wildman–Crippen LogP) is 0.126. The second-order valence-electron chi connectivity index (χ2n) is 4.29. The molecule has 17 heavy (non-hydrogen) atoms. The fraction of sp³-hybridized carbons (Fsp3) is 0.700. The summed E-state index contributed by atoms with van der Waals surface area (Å²) in [5, 5.41) is 0.154. The topological polar surface area (TPSA) is 69.3 Å². The molecule has 1 N–H and O–H groups in total. The Morgan fingerprint density at radius 2 is 2.18 bits per heavy atom. The van der Waals surface area contributed by atoms with Crippen molar-refractivity contribution in [1.29, 1.82) is 0 Å². The lowest BCUT2D eigenvalue weighted by Gasteiger charge is -2.20. The molecule has 0 radical (unpaired) electrons. The van der Waals surface area contributed by atoms with Crippen LogP contribution >= 0.6 is 0 Å². The van der Waals surface area contributed by atoms with Crippen molar-refractivity contribution in [2.75, 3.05) is 33.2 Å². The lowest BCUT2D eigenvalue weighted by molar-refractivity contribution is 0.309. The zero-order valence-corrected chi connectivity index (χ0v) is 10.8. The first-order valence-corrected chi connectivity index (χ1v) is 7.22. The summed E-state index contributed by atoms with van der Waals surface area (Å²) in [4.78, 5) is 8.66. The van der Waals surface area contributed by atoms with Crippen LogP contribution < -0.4 is 0 Å². The maximum atomic E-state index is 12.0. The Morgan fingerprint density at radius 3 is 2.76 bits per heavy atom. The molecule has 2 heterocycles.